The Morgan fingerprint density at radius 3 is 1.45 bits per heavy atom. The minimum absolute atomic E-state index is 0.00988. The number of rotatable bonds is 14. The lowest BCUT2D eigenvalue weighted by molar-refractivity contribution is -0.151. The first-order valence-electron chi connectivity index (χ1n) is 13.6. The third-order valence-electron chi connectivity index (χ3n) is 7.04. The summed E-state index contributed by atoms with van der Waals surface area (Å²) in [6, 6.07) is 15.6. The third kappa shape index (κ3) is 9.77. The summed E-state index contributed by atoms with van der Waals surface area (Å²) in [5.41, 5.74) is 0.862. The van der Waals surface area contributed by atoms with Gasteiger partial charge in [0.25, 0.3) is 0 Å². The number of ether oxygens (including phenoxy) is 2. The molecule has 216 valence electrons. The van der Waals surface area contributed by atoms with Crippen molar-refractivity contribution >= 4 is 23.8 Å². The molecule has 3 rings (SSSR count). The lowest BCUT2D eigenvalue weighted by Crippen LogP contribution is -2.48. The molecule has 1 saturated carbocycles. The molecule has 10 heteroatoms. The molecule has 0 unspecified atom stereocenters. The molecule has 10 nitrogen and oxygen atoms in total. The van der Waals surface area contributed by atoms with E-state index in [1.165, 1.54) is 0 Å². The number of aliphatic hydroxyl groups excluding tert-OH is 2. The quantitative estimate of drug-likeness (QED) is 0.259. The number of nitrogens with one attached hydrogen (secondary N) is 2. The molecule has 0 aromatic heterocycles. The second-order valence-corrected chi connectivity index (χ2v) is 10.2. The van der Waals surface area contributed by atoms with Crippen LogP contribution in [0.5, 0.6) is 0 Å². The number of aliphatic hydroxyl groups is 2. The molecule has 0 aliphatic heterocycles. The lowest BCUT2D eigenvalue weighted by Gasteiger charge is -2.37. The van der Waals surface area contributed by atoms with Gasteiger partial charge in [-0.25, -0.2) is 9.59 Å². The summed E-state index contributed by atoms with van der Waals surface area (Å²) in [5, 5.41) is 24.5. The second kappa shape index (κ2) is 15.7. The first-order valence-corrected chi connectivity index (χ1v) is 13.6. The Morgan fingerprint density at radius 2 is 1.07 bits per heavy atom. The highest BCUT2D eigenvalue weighted by Gasteiger charge is 2.38. The van der Waals surface area contributed by atoms with Crippen LogP contribution in [0.4, 0.5) is 0 Å². The van der Waals surface area contributed by atoms with Gasteiger partial charge in [0.15, 0.2) is 12.1 Å². The Bertz CT molecular complexity index is 1020. The molecule has 2 aromatic rings. The smallest absolute Gasteiger partial charge is 0.331 e. The predicted molar refractivity (Wildman–Crippen MR) is 145 cm³/mol. The van der Waals surface area contributed by atoms with E-state index in [9.17, 15) is 29.4 Å². The molecule has 2 amide bonds. The molecule has 0 saturated heterocycles. The van der Waals surface area contributed by atoms with Crippen LogP contribution in [0.3, 0.4) is 0 Å². The third-order valence-corrected chi connectivity index (χ3v) is 7.04. The number of esters is 2. The van der Waals surface area contributed by atoms with Crippen molar-refractivity contribution in [3.8, 4) is 0 Å². The molecule has 0 spiro atoms. The standard InChI is InChI=1S/C30H38N2O8/c33-18-24(28(37)39-20-22-10-4-1-5-11-22)31-26(35)16-30(14-8-3-9-15-30)17-27(36)32-25(19-34)29(38)40-21-23-12-6-2-7-13-23/h1-2,4-7,10-13,24-25,33-34H,3,8-9,14-21H2,(H,31,35)(H,32,36)/t24-,25-/m1/s1. The SMILES string of the molecule is O=C(CC1(CC(=O)N[C@H](CO)C(=O)OCc2ccccc2)CCCCC1)N[C@H](CO)C(=O)OCc1ccccc1. The van der Waals surface area contributed by atoms with Gasteiger partial charge >= 0.3 is 11.9 Å². The Labute approximate surface area is 234 Å². The van der Waals surface area contributed by atoms with Crippen LogP contribution in [-0.4, -0.2) is 59.3 Å². The molecule has 1 aliphatic carbocycles. The van der Waals surface area contributed by atoms with Crippen LogP contribution < -0.4 is 10.6 Å². The first kappa shape index (κ1) is 30.8. The highest BCUT2D eigenvalue weighted by Crippen LogP contribution is 2.42. The van der Waals surface area contributed by atoms with Crippen LogP contribution in [0.1, 0.15) is 56.1 Å². The van der Waals surface area contributed by atoms with Gasteiger partial charge in [-0.2, -0.15) is 0 Å². The molecular weight excluding hydrogens is 516 g/mol. The summed E-state index contributed by atoms with van der Waals surface area (Å²) in [7, 11) is 0. The van der Waals surface area contributed by atoms with Crippen molar-refractivity contribution in [2.45, 2.75) is 70.2 Å². The average Bonchev–Trinajstić information content (AvgIpc) is 2.97. The van der Waals surface area contributed by atoms with Crippen LogP contribution in [0.15, 0.2) is 60.7 Å². The largest absolute Gasteiger partial charge is 0.459 e. The maximum atomic E-state index is 13.0. The van der Waals surface area contributed by atoms with E-state index in [1.807, 2.05) is 36.4 Å². The first-order chi connectivity index (χ1) is 19.3. The highest BCUT2D eigenvalue weighted by atomic mass is 16.5. The van der Waals surface area contributed by atoms with Gasteiger partial charge in [0, 0.05) is 12.8 Å². The van der Waals surface area contributed by atoms with Gasteiger partial charge in [-0.1, -0.05) is 79.9 Å². The summed E-state index contributed by atoms with van der Waals surface area (Å²) in [5.74, 6) is -2.47. The van der Waals surface area contributed by atoms with Crippen LogP contribution in [-0.2, 0) is 41.9 Å². The van der Waals surface area contributed by atoms with E-state index in [4.69, 9.17) is 9.47 Å². The van der Waals surface area contributed by atoms with Gasteiger partial charge in [-0.05, 0) is 29.4 Å². The van der Waals surface area contributed by atoms with Gasteiger partial charge in [0.2, 0.25) is 11.8 Å². The zero-order valence-corrected chi connectivity index (χ0v) is 22.6. The van der Waals surface area contributed by atoms with Crippen molar-refractivity contribution in [1.29, 1.82) is 0 Å². The Balaban J connectivity index is 1.54. The van der Waals surface area contributed by atoms with Crippen molar-refractivity contribution in [2.24, 2.45) is 5.41 Å². The fourth-order valence-electron chi connectivity index (χ4n) is 4.91. The van der Waals surface area contributed by atoms with Crippen molar-refractivity contribution in [1.82, 2.24) is 10.6 Å². The molecule has 2 atom stereocenters. The van der Waals surface area contributed by atoms with E-state index in [-0.39, 0.29) is 26.1 Å². The fourth-order valence-corrected chi connectivity index (χ4v) is 4.91. The van der Waals surface area contributed by atoms with E-state index in [2.05, 4.69) is 10.6 Å². The summed E-state index contributed by atoms with van der Waals surface area (Å²) in [4.78, 5) is 50.9. The number of hydrogen-bond acceptors (Lipinski definition) is 8. The lowest BCUT2D eigenvalue weighted by atomic mass is 9.69. The maximum Gasteiger partial charge on any atom is 0.331 e. The zero-order valence-electron chi connectivity index (χ0n) is 22.6. The Kier molecular flexibility index (Phi) is 12.1. The number of benzene rings is 2. The van der Waals surface area contributed by atoms with Gasteiger partial charge in [0.05, 0.1) is 13.2 Å². The van der Waals surface area contributed by atoms with Gasteiger partial charge in [0.1, 0.15) is 13.2 Å². The van der Waals surface area contributed by atoms with E-state index >= 15 is 0 Å². The zero-order chi connectivity index (χ0) is 28.8. The number of amides is 2. The Hall–Kier alpha value is -3.76. The number of hydrogen-bond donors (Lipinski definition) is 4. The van der Waals surface area contributed by atoms with Crippen molar-refractivity contribution in [3.05, 3.63) is 71.8 Å². The highest BCUT2D eigenvalue weighted by molar-refractivity contribution is 5.87. The molecule has 1 aliphatic rings. The molecule has 0 bridgehead atoms. The molecular formula is C30H38N2O8. The summed E-state index contributed by atoms with van der Waals surface area (Å²) < 4.78 is 10.5. The monoisotopic (exact) mass is 554 g/mol. The molecule has 1 fully saturated rings. The molecule has 2 aromatic carbocycles. The number of carbonyl (C=O) groups is 4. The minimum Gasteiger partial charge on any atom is -0.459 e. The van der Waals surface area contributed by atoms with E-state index in [0.29, 0.717) is 12.8 Å². The van der Waals surface area contributed by atoms with Crippen LogP contribution in [0.2, 0.25) is 0 Å². The van der Waals surface area contributed by atoms with E-state index in [0.717, 1.165) is 30.4 Å². The van der Waals surface area contributed by atoms with Crippen LogP contribution in [0, 0.1) is 5.41 Å². The van der Waals surface area contributed by atoms with Crippen LogP contribution in [0.25, 0.3) is 0 Å². The fraction of sp³-hybridized carbons (Fsp3) is 0.467. The number of carbonyl (C=O) groups excluding carboxylic acids is 4. The Morgan fingerprint density at radius 1 is 0.675 bits per heavy atom. The van der Waals surface area contributed by atoms with Crippen LogP contribution >= 0.6 is 0 Å². The summed E-state index contributed by atoms with van der Waals surface area (Å²) >= 11 is 0. The topological polar surface area (TPSA) is 151 Å². The molecule has 4 N–H and O–H groups in total. The molecule has 0 heterocycles. The van der Waals surface area contributed by atoms with E-state index < -0.39 is 54.5 Å². The van der Waals surface area contributed by atoms with Gasteiger partial charge in [-0.15, -0.1) is 0 Å². The predicted octanol–water partition coefficient (Wildman–Crippen LogP) is 2.16. The van der Waals surface area contributed by atoms with E-state index in [1.54, 1.807) is 24.3 Å². The summed E-state index contributed by atoms with van der Waals surface area (Å²) in [6.07, 6.45) is 3.77. The second-order valence-electron chi connectivity index (χ2n) is 10.2. The minimum atomic E-state index is -1.23. The van der Waals surface area contributed by atoms with Crippen molar-refractivity contribution in [2.75, 3.05) is 13.2 Å². The maximum absolute atomic E-state index is 13.0. The van der Waals surface area contributed by atoms with Gasteiger partial charge in [-0.3, -0.25) is 9.59 Å². The summed E-state index contributed by atoms with van der Waals surface area (Å²) in [6.45, 7) is -1.24. The normalized spacial score (nSPS) is 15.8. The van der Waals surface area contributed by atoms with Crippen molar-refractivity contribution in [3.63, 3.8) is 0 Å². The van der Waals surface area contributed by atoms with Crippen molar-refractivity contribution < 1.29 is 38.9 Å². The average molecular weight is 555 g/mol. The molecule has 40 heavy (non-hydrogen) atoms. The molecule has 0 radical (unpaired) electrons. The van der Waals surface area contributed by atoms with Gasteiger partial charge < -0.3 is 30.3 Å².